The summed E-state index contributed by atoms with van der Waals surface area (Å²) >= 11 is 1.05. The Morgan fingerprint density at radius 2 is 2.00 bits per heavy atom. The van der Waals surface area contributed by atoms with E-state index in [4.69, 9.17) is 9.47 Å². The van der Waals surface area contributed by atoms with Gasteiger partial charge in [0.2, 0.25) is 15.9 Å². The molecule has 0 amide bonds. The fourth-order valence-corrected chi connectivity index (χ4v) is 5.51. The molecule has 0 N–H and O–H groups in total. The van der Waals surface area contributed by atoms with Crippen molar-refractivity contribution in [1.82, 2.24) is 14.3 Å². The van der Waals surface area contributed by atoms with E-state index in [2.05, 4.69) is 14.7 Å². The van der Waals surface area contributed by atoms with Gasteiger partial charge in [-0.05, 0) is 24.3 Å². The highest BCUT2D eigenvalue weighted by atomic mass is 32.2. The molecular weight excluding hydrogens is 394 g/mol. The molecule has 2 aromatic rings. The lowest BCUT2D eigenvalue weighted by Crippen LogP contribution is -2.42. The molecule has 0 aromatic carbocycles. The van der Waals surface area contributed by atoms with Gasteiger partial charge in [-0.2, -0.15) is 9.29 Å². The Balaban J connectivity index is 1.66. The molecule has 0 radical (unpaired) electrons. The first-order valence-electron chi connectivity index (χ1n) is 8.15. The Morgan fingerprint density at radius 3 is 2.67 bits per heavy atom. The van der Waals surface area contributed by atoms with E-state index >= 15 is 0 Å². The third-order valence-electron chi connectivity index (χ3n) is 4.10. The summed E-state index contributed by atoms with van der Waals surface area (Å²) in [6, 6.07) is 3.27. The van der Waals surface area contributed by atoms with Crippen LogP contribution in [0.4, 0.5) is 0 Å². The molecular formula is C16H19N3O6S2. The van der Waals surface area contributed by atoms with Crippen molar-refractivity contribution in [2.75, 3.05) is 27.3 Å². The minimum absolute atomic E-state index is 0.0146. The maximum atomic E-state index is 12.9. The Labute approximate surface area is 161 Å². The van der Waals surface area contributed by atoms with Crippen LogP contribution in [0.2, 0.25) is 0 Å². The molecule has 0 bridgehead atoms. The van der Waals surface area contributed by atoms with Gasteiger partial charge in [-0.25, -0.2) is 18.2 Å². The number of methoxy groups -OCH3 is 2. The summed E-state index contributed by atoms with van der Waals surface area (Å²) in [5.41, 5.74) is 0. The zero-order valence-electron chi connectivity index (χ0n) is 14.8. The predicted octanol–water partition coefficient (Wildman–Crippen LogP) is 1.57. The molecule has 1 aliphatic heterocycles. The van der Waals surface area contributed by atoms with Crippen molar-refractivity contribution in [3.05, 3.63) is 28.6 Å². The van der Waals surface area contributed by atoms with Crippen LogP contribution in [0.1, 0.15) is 22.5 Å². The van der Waals surface area contributed by atoms with Crippen LogP contribution < -0.4 is 9.47 Å². The van der Waals surface area contributed by atoms with E-state index in [0.717, 1.165) is 11.3 Å². The zero-order valence-corrected chi connectivity index (χ0v) is 16.5. The SMILES string of the molecule is COC(=O)c1sccc1S(=O)(=O)N1CCC(Oc2ccnc(OC)n2)CC1. The molecule has 0 saturated carbocycles. The quantitative estimate of drug-likeness (QED) is 0.657. The molecule has 0 unspecified atom stereocenters. The maximum absolute atomic E-state index is 12.9. The molecule has 27 heavy (non-hydrogen) atoms. The molecule has 1 aliphatic rings. The van der Waals surface area contributed by atoms with Gasteiger partial charge in [0, 0.05) is 25.4 Å². The molecule has 2 aromatic heterocycles. The highest BCUT2D eigenvalue weighted by Crippen LogP contribution is 2.28. The molecule has 1 fully saturated rings. The third kappa shape index (κ3) is 4.20. The highest BCUT2D eigenvalue weighted by Gasteiger charge is 2.34. The summed E-state index contributed by atoms with van der Waals surface area (Å²) in [6.07, 6.45) is 2.37. The van der Waals surface area contributed by atoms with Crippen LogP contribution in [-0.4, -0.2) is 62.1 Å². The molecule has 9 nitrogen and oxygen atoms in total. The topological polar surface area (TPSA) is 108 Å². The van der Waals surface area contributed by atoms with Crippen LogP contribution in [0, 0.1) is 0 Å². The summed E-state index contributed by atoms with van der Waals surface area (Å²) in [5, 5.41) is 1.57. The van der Waals surface area contributed by atoms with Gasteiger partial charge in [0.25, 0.3) is 0 Å². The van der Waals surface area contributed by atoms with E-state index in [1.807, 2.05) is 0 Å². The largest absolute Gasteiger partial charge is 0.474 e. The number of esters is 1. The van der Waals surface area contributed by atoms with Crippen molar-refractivity contribution < 1.29 is 27.4 Å². The zero-order chi connectivity index (χ0) is 19.4. The summed E-state index contributed by atoms with van der Waals surface area (Å²) in [6.45, 7) is 0.567. The lowest BCUT2D eigenvalue weighted by Gasteiger charge is -2.31. The van der Waals surface area contributed by atoms with Gasteiger partial charge >= 0.3 is 12.0 Å². The second kappa shape index (κ2) is 8.19. The van der Waals surface area contributed by atoms with Crippen LogP contribution in [0.15, 0.2) is 28.6 Å². The normalized spacial score (nSPS) is 16.1. The van der Waals surface area contributed by atoms with E-state index in [1.165, 1.54) is 30.8 Å². The smallest absolute Gasteiger partial charge is 0.349 e. The number of nitrogens with zero attached hydrogens (tertiary/aromatic N) is 3. The highest BCUT2D eigenvalue weighted by molar-refractivity contribution is 7.89. The van der Waals surface area contributed by atoms with Crippen molar-refractivity contribution in [3.63, 3.8) is 0 Å². The molecule has 0 atom stereocenters. The summed E-state index contributed by atoms with van der Waals surface area (Å²) in [7, 11) is -1.08. The number of carbonyl (C=O) groups excluding carboxylic acids is 1. The first-order chi connectivity index (χ1) is 13.0. The van der Waals surface area contributed by atoms with Gasteiger partial charge < -0.3 is 14.2 Å². The monoisotopic (exact) mass is 413 g/mol. The summed E-state index contributed by atoms with van der Waals surface area (Å²) in [5.74, 6) is -0.270. The molecule has 3 rings (SSSR count). The van der Waals surface area contributed by atoms with E-state index < -0.39 is 16.0 Å². The van der Waals surface area contributed by atoms with Crippen molar-refractivity contribution in [2.24, 2.45) is 0 Å². The number of sulfonamides is 1. The molecule has 0 spiro atoms. The van der Waals surface area contributed by atoms with Crippen LogP contribution in [0.5, 0.6) is 11.9 Å². The van der Waals surface area contributed by atoms with Gasteiger partial charge in [0.1, 0.15) is 15.9 Å². The molecule has 146 valence electrons. The number of hydrogen-bond acceptors (Lipinski definition) is 9. The Bertz CT molecular complexity index is 906. The standard InChI is InChI=1S/C16H19N3O6S2/c1-23-15(20)14-12(6-10-26-14)27(21,22)19-8-4-11(5-9-19)25-13-3-7-17-16(18-13)24-2/h3,6-7,10-11H,4-5,8-9H2,1-2H3. The molecule has 0 aliphatic carbocycles. The average Bonchev–Trinajstić information content (AvgIpc) is 3.19. The van der Waals surface area contributed by atoms with Crippen molar-refractivity contribution >= 4 is 27.3 Å². The Kier molecular flexibility index (Phi) is 5.92. The number of carbonyl (C=O) groups is 1. The number of rotatable bonds is 6. The van der Waals surface area contributed by atoms with Gasteiger partial charge in [-0.15, -0.1) is 11.3 Å². The lowest BCUT2D eigenvalue weighted by atomic mass is 10.1. The first kappa shape index (κ1) is 19.5. The second-order valence-corrected chi connectivity index (χ2v) is 8.53. The number of ether oxygens (including phenoxy) is 3. The van der Waals surface area contributed by atoms with Crippen LogP contribution in [0.3, 0.4) is 0 Å². The minimum Gasteiger partial charge on any atom is -0.474 e. The number of piperidine rings is 1. The molecule has 11 heteroatoms. The van der Waals surface area contributed by atoms with E-state index in [9.17, 15) is 13.2 Å². The Morgan fingerprint density at radius 1 is 1.26 bits per heavy atom. The fraction of sp³-hybridized carbons (Fsp3) is 0.438. The van der Waals surface area contributed by atoms with Crippen LogP contribution >= 0.6 is 11.3 Å². The van der Waals surface area contributed by atoms with E-state index in [1.54, 1.807) is 11.4 Å². The van der Waals surface area contributed by atoms with Gasteiger partial charge in [-0.3, -0.25) is 0 Å². The average molecular weight is 413 g/mol. The van der Waals surface area contributed by atoms with Gasteiger partial charge in [0.05, 0.1) is 14.2 Å². The van der Waals surface area contributed by atoms with Crippen molar-refractivity contribution in [1.29, 1.82) is 0 Å². The summed E-state index contributed by atoms with van der Waals surface area (Å²) < 4.78 is 42.6. The van der Waals surface area contributed by atoms with Crippen molar-refractivity contribution in [3.8, 4) is 11.9 Å². The molecule has 3 heterocycles. The second-order valence-electron chi connectivity index (χ2n) is 5.71. The number of hydrogen-bond donors (Lipinski definition) is 0. The maximum Gasteiger partial charge on any atom is 0.349 e. The van der Waals surface area contributed by atoms with Gasteiger partial charge in [-0.1, -0.05) is 0 Å². The van der Waals surface area contributed by atoms with E-state index in [0.29, 0.717) is 18.7 Å². The fourth-order valence-electron chi connectivity index (χ4n) is 2.73. The predicted molar refractivity (Wildman–Crippen MR) is 96.7 cm³/mol. The third-order valence-corrected chi connectivity index (χ3v) is 7.06. The van der Waals surface area contributed by atoms with E-state index in [-0.39, 0.29) is 35.0 Å². The Hall–Kier alpha value is -2.24. The van der Waals surface area contributed by atoms with Crippen LogP contribution in [0.25, 0.3) is 0 Å². The minimum atomic E-state index is -3.77. The summed E-state index contributed by atoms with van der Waals surface area (Å²) in [4.78, 5) is 19.9. The molecule has 1 saturated heterocycles. The number of aromatic nitrogens is 2. The van der Waals surface area contributed by atoms with Gasteiger partial charge in [0.15, 0.2) is 0 Å². The first-order valence-corrected chi connectivity index (χ1v) is 10.5. The van der Waals surface area contributed by atoms with Crippen LogP contribution in [-0.2, 0) is 14.8 Å². The lowest BCUT2D eigenvalue weighted by molar-refractivity contribution is 0.0602. The van der Waals surface area contributed by atoms with Crippen molar-refractivity contribution in [2.45, 2.75) is 23.8 Å². The number of thiophene rings is 1.